The smallest absolute Gasteiger partial charge is 0.271 e. The molecule has 0 bridgehead atoms. The van der Waals surface area contributed by atoms with Crippen LogP contribution in [0.25, 0.3) is 28.3 Å². The standard InChI is InChI=1S/C23H18F4N8/c1-12-16(7-8-34-21(12)32-22(28)33-34)20-29-10-17(25)18(31-20)14-9-30-35(11-14)19(23(2,26)27)13-3-5-15(24)6-4-13/h3-11,19H,1-2H3,(H2,28,33)/t19-/m1/s1. The zero-order chi connectivity index (χ0) is 24.9. The number of rotatable bonds is 5. The van der Waals surface area contributed by atoms with E-state index in [1.807, 2.05) is 0 Å². The number of nitrogens with two attached hydrogens (primary N) is 1. The summed E-state index contributed by atoms with van der Waals surface area (Å²) in [6, 6.07) is 4.87. The molecule has 4 heterocycles. The van der Waals surface area contributed by atoms with Gasteiger partial charge in [-0.1, -0.05) is 12.1 Å². The average molecular weight is 482 g/mol. The molecule has 0 saturated carbocycles. The fourth-order valence-corrected chi connectivity index (χ4v) is 3.96. The third kappa shape index (κ3) is 4.07. The molecule has 178 valence electrons. The third-order valence-corrected chi connectivity index (χ3v) is 5.56. The van der Waals surface area contributed by atoms with Crippen LogP contribution < -0.4 is 5.73 Å². The van der Waals surface area contributed by atoms with Gasteiger partial charge < -0.3 is 5.73 Å². The fourth-order valence-electron chi connectivity index (χ4n) is 3.96. The number of fused-ring (bicyclic) bond motifs is 1. The minimum atomic E-state index is -3.25. The Kier molecular flexibility index (Phi) is 5.23. The van der Waals surface area contributed by atoms with Crippen molar-refractivity contribution >= 4 is 11.6 Å². The van der Waals surface area contributed by atoms with Crippen molar-refractivity contribution in [3.8, 4) is 22.6 Å². The molecule has 0 aliphatic heterocycles. The van der Waals surface area contributed by atoms with Crippen LogP contribution in [0.15, 0.2) is 55.1 Å². The maximum absolute atomic E-state index is 14.7. The van der Waals surface area contributed by atoms with Crippen molar-refractivity contribution in [3.05, 3.63) is 77.9 Å². The summed E-state index contributed by atoms with van der Waals surface area (Å²) in [7, 11) is 0. The van der Waals surface area contributed by atoms with Crippen LogP contribution in [0.2, 0.25) is 0 Å². The van der Waals surface area contributed by atoms with E-state index in [0.29, 0.717) is 16.8 Å². The monoisotopic (exact) mass is 482 g/mol. The van der Waals surface area contributed by atoms with Crippen molar-refractivity contribution in [2.24, 2.45) is 0 Å². The van der Waals surface area contributed by atoms with E-state index < -0.39 is 23.6 Å². The molecule has 1 atom stereocenters. The number of anilines is 1. The topological polar surface area (TPSA) is 99.8 Å². The van der Waals surface area contributed by atoms with E-state index in [1.165, 1.54) is 29.0 Å². The van der Waals surface area contributed by atoms with Crippen LogP contribution in [0.5, 0.6) is 0 Å². The summed E-state index contributed by atoms with van der Waals surface area (Å²) in [4.78, 5) is 12.6. The van der Waals surface area contributed by atoms with Gasteiger partial charge in [-0.25, -0.2) is 32.0 Å². The van der Waals surface area contributed by atoms with E-state index in [4.69, 9.17) is 5.73 Å². The molecule has 5 aromatic rings. The molecule has 0 saturated heterocycles. The first-order valence-electron chi connectivity index (χ1n) is 10.4. The highest BCUT2D eigenvalue weighted by Gasteiger charge is 2.38. The zero-order valence-corrected chi connectivity index (χ0v) is 18.5. The number of benzene rings is 1. The Bertz CT molecular complexity index is 1540. The SMILES string of the molecule is Cc1c(-c2ncc(F)c(-c3cnn([C@H](c4ccc(F)cc4)C(C)(F)F)c3)n2)ccn2nc(N)nc12. The van der Waals surface area contributed by atoms with E-state index in [2.05, 4.69) is 25.1 Å². The summed E-state index contributed by atoms with van der Waals surface area (Å²) >= 11 is 0. The summed E-state index contributed by atoms with van der Waals surface area (Å²) in [6.45, 7) is 2.52. The highest BCUT2D eigenvalue weighted by Crippen LogP contribution is 2.35. The molecule has 4 aromatic heterocycles. The number of nitrogens with zero attached hydrogens (tertiary/aromatic N) is 7. The molecule has 0 aliphatic rings. The Labute approximate surface area is 196 Å². The van der Waals surface area contributed by atoms with Crippen molar-refractivity contribution in [3.63, 3.8) is 0 Å². The summed E-state index contributed by atoms with van der Waals surface area (Å²) in [6.07, 6.45) is 5.15. The molecular weight excluding hydrogens is 464 g/mol. The van der Waals surface area contributed by atoms with Gasteiger partial charge in [0, 0.05) is 36.0 Å². The first-order chi connectivity index (χ1) is 16.6. The van der Waals surface area contributed by atoms with Gasteiger partial charge in [-0.2, -0.15) is 10.1 Å². The lowest BCUT2D eigenvalue weighted by molar-refractivity contribution is -0.0217. The number of hydrogen-bond acceptors (Lipinski definition) is 6. The van der Waals surface area contributed by atoms with Gasteiger partial charge in [0.2, 0.25) is 5.95 Å². The highest BCUT2D eigenvalue weighted by molar-refractivity contribution is 5.70. The second-order valence-corrected chi connectivity index (χ2v) is 8.10. The predicted octanol–water partition coefficient (Wildman–Crippen LogP) is 4.46. The second-order valence-electron chi connectivity index (χ2n) is 8.10. The lowest BCUT2D eigenvalue weighted by atomic mass is 10.0. The van der Waals surface area contributed by atoms with Crippen LogP contribution in [-0.2, 0) is 0 Å². The fraction of sp³-hybridized carbons (Fsp3) is 0.174. The summed E-state index contributed by atoms with van der Waals surface area (Å²) in [5.74, 6) is -4.25. The van der Waals surface area contributed by atoms with Gasteiger partial charge in [-0.3, -0.25) is 4.68 Å². The molecule has 8 nitrogen and oxygen atoms in total. The minimum absolute atomic E-state index is 0.0989. The number of hydrogen-bond donors (Lipinski definition) is 1. The maximum Gasteiger partial charge on any atom is 0.271 e. The van der Waals surface area contributed by atoms with Crippen molar-refractivity contribution in [2.75, 3.05) is 5.73 Å². The van der Waals surface area contributed by atoms with E-state index in [9.17, 15) is 17.6 Å². The Balaban J connectivity index is 1.57. The van der Waals surface area contributed by atoms with Crippen LogP contribution in [0.1, 0.15) is 24.1 Å². The Hall–Kier alpha value is -4.35. The maximum atomic E-state index is 14.7. The van der Waals surface area contributed by atoms with E-state index >= 15 is 0 Å². The molecule has 12 heteroatoms. The van der Waals surface area contributed by atoms with Crippen LogP contribution in [0, 0.1) is 18.6 Å². The molecule has 0 radical (unpaired) electrons. The van der Waals surface area contributed by atoms with Crippen molar-refractivity contribution < 1.29 is 17.6 Å². The molecule has 0 aliphatic carbocycles. The van der Waals surface area contributed by atoms with Crippen LogP contribution in [0.4, 0.5) is 23.5 Å². The third-order valence-electron chi connectivity index (χ3n) is 5.56. The summed E-state index contributed by atoms with van der Waals surface area (Å²) < 4.78 is 59.7. The zero-order valence-electron chi connectivity index (χ0n) is 18.5. The number of pyridine rings is 1. The van der Waals surface area contributed by atoms with Gasteiger partial charge in [0.05, 0.1) is 12.4 Å². The largest absolute Gasteiger partial charge is 0.366 e. The van der Waals surface area contributed by atoms with Gasteiger partial charge in [0.1, 0.15) is 17.6 Å². The molecule has 0 fully saturated rings. The quantitative estimate of drug-likeness (QED) is 0.371. The number of alkyl halides is 2. The average Bonchev–Trinajstić information content (AvgIpc) is 3.42. The molecular formula is C23H18F4N8. The summed E-state index contributed by atoms with van der Waals surface area (Å²) in [5, 5.41) is 8.09. The normalized spacial score (nSPS) is 12.9. The second kappa shape index (κ2) is 8.15. The Morgan fingerprint density at radius 3 is 2.49 bits per heavy atom. The first-order valence-corrected chi connectivity index (χ1v) is 10.4. The van der Waals surface area contributed by atoms with Crippen LogP contribution in [-0.4, -0.2) is 40.3 Å². The Morgan fingerprint density at radius 1 is 1.03 bits per heavy atom. The molecule has 0 spiro atoms. The molecule has 0 unspecified atom stereocenters. The van der Waals surface area contributed by atoms with Crippen LogP contribution in [0.3, 0.4) is 0 Å². The van der Waals surface area contributed by atoms with E-state index in [1.54, 1.807) is 19.2 Å². The first kappa shape index (κ1) is 22.4. The lowest BCUT2D eigenvalue weighted by Gasteiger charge is -2.24. The number of aryl methyl sites for hydroxylation is 1. The lowest BCUT2D eigenvalue weighted by Crippen LogP contribution is -2.29. The van der Waals surface area contributed by atoms with Gasteiger partial charge >= 0.3 is 0 Å². The molecule has 5 rings (SSSR count). The van der Waals surface area contributed by atoms with Gasteiger partial charge in [0.25, 0.3) is 5.92 Å². The van der Waals surface area contributed by atoms with E-state index in [-0.39, 0.29) is 28.6 Å². The van der Waals surface area contributed by atoms with Crippen molar-refractivity contribution in [2.45, 2.75) is 25.8 Å². The number of halogens is 4. The number of aromatic nitrogens is 7. The Morgan fingerprint density at radius 2 is 1.77 bits per heavy atom. The van der Waals surface area contributed by atoms with Gasteiger partial charge in [0.15, 0.2) is 17.3 Å². The molecule has 35 heavy (non-hydrogen) atoms. The van der Waals surface area contributed by atoms with Gasteiger partial charge in [-0.15, -0.1) is 5.10 Å². The minimum Gasteiger partial charge on any atom is -0.366 e. The molecule has 2 N–H and O–H groups in total. The van der Waals surface area contributed by atoms with Gasteiger partial charge in [-0.05, 0) is 30.7 Å². The number of nitrogen functional groups attached to an aromatic ring is 1. The van der Waals surface area contributed by atoms with Crippen molar-refractivity contribution in [1.29, 1.82) is 0 Å². The molecule has 0 amide bonds. The van der Waals surface area contributed by atoms with Crippen LogP contribution >= 0.6 is 0 Å². The predicted molar refractivity (Wildman–Crippen MR) is 120 cm³/mol. The molecule has 1 aromatic carbocycles. The summed E-state index contributed by atoms with van der Waals surface area (Å²) in [5.41, 5.74) is 7.62. The van der Waals surface area contributed by atoms with Crippen molar-refractivity contribution in [1.82, 2.24) is 34.3 Å². The van der Waals surface area contributed by atoms with E-state index in [0.717, 1.165) is 29.9 Å². The highest BCUT2D eigenvalue weighted by atomic mass is 19.3.